The van der Waals surface area contributed by atoms with Crippen molar-refractivity contribution in [2.24, 2.45) is 5.73 Å². The molecule has 1 saturated heterocycles. The van der Waals surface area contributed by atoms with Gasteiger partial charge in [0.15, 0.2) is 28.8 Å². The lowest BCUT2D eigenvalue weighted by molar-refractivity contribution is -0.133. The number of hydrogen-bond donors (Lipinski definition) is 6. The Labute approximate surface area is 277 Å². The van der Waals surface area contributed by atoms with Crippen LogP contribution in [0.1, 0.15) is 49.7 Å². The molecule has 0 radical (unpaired) electrons. The molecule has 2 aromatic carbocycles. The molecule has 0 aromatic heterocycles. The highest BCUT2D eigenvalue weighted by Crippen LogP contribution is 2.30. The summed E-state index contributed by atoms with van der Waals surface area (Å²) in [6.07, 6.45) is 7.31. The summed E-state index contributed by atoms with van der Waals surface area (Å²) >= 11 is 0. The number of rotatable bonds is 19. The summed E-state index contributed by atoms with van der Waals surface area (Å²) < 4.78 is 10.4. The number of carbonyl (C=O) groups excluding carboxylic acids is 3. The van der Waals surface area contributed by atoms with Gasteiger partial charge in [0.1, 0.15) is 0 Å². The van der Waals surface area contributed by atoms with E-state index in [0.29, 0.717) is 35.4 Å². The van der Waals surface area contributed by atoms with Gasteiger partial charge in [0.2, 0.25) is 11.8 Å². The third-order valence-electron chi connectivity index (χ3n) is 7.68. The quantitative estimate of drug-likeness (QED) is 0.0979. The van der Waals surface area contributed by atoms with Crippen molar-refractivity contribution in [3.63, 3.8) is 0 Å². The number of phenols is 2. The third kappa shape index (κ3) is 12.4. The van der Waals surface area contributed by atoms with Crippen molar-refractivity contribution < 1.29 is 34.1 Å². The van der Waals surface area contributed by atoms with Crippen LogP contribution in [0.3, 0.4) is 0 Å². The first-order chi connectivity index (χ1) is 22.7. The van der Waals surface area contributed by atoms with E-state index in [2.05, 4.69) is 16.0 Å². The molecule has 12 nitrogen and oxygen atoms in total. The lowest BCUT2D eigenvalue weighted by Crippen LogP contribution is -2.42. The van der Waals surface area contributed by atoms with E-state index in [0.717, 1.165) is 51.9 Å². The fourth-order valence-electron chi connectivity index (χ4n) is 5.07. The van der Waals surface area contributed by atoms with E-state index in [9.17, 15) is 24.6 Å². The summed E-state index contributed by atoms with van der Waals surface area (Å²) in [5.74, 6) is -0.243. The SMILES string of the molecule is COc1cc(/C=C2\CN(C(=O)CCC(=O)NCCCNCCCCNCCCN)C/C(=C\c3ccc(O)c(OC)c3)C2=O)ccc1O. The van der Waals surface area contributed by atoms with Crippen LogP contribution in [0.2, 0.25) is 0 Å². The van der Waals surface area contributed by atoms with Crippen molar-refractivity contribution in [1.82, 2.24) is 20.9 Å². The lowest BCUT2D eigenvalue weighted by Gasteiger charge is -2.30. The van der Waals surface area contributed by atoms with Gasteiger partial charge in [0.25, 0.3) is 0 Å². The Morgan fingerprint density at radius 1 is 0.787 bits per heavy atom. The standard InChI is InChI=1S/C35H49N5O7/c1-46-31-21-25(7-9-29(31)41)19-27-23-40(24-28(35(27)45)20-26-8-10-30(42)32(22-26)47-2)34(44)12-11-33(43)39-18-6-17-38-15-4-3-14-37-16-5-13-36/h7-10,19-22,37-38,41-42H,3-6,11-18,23-24,36H2,1-2H3,(H,39,43)/b27-19+,28-20+. The number of ether oxygens (including phenoxy) is 2. The molecular formula is C35H49N5O7. The number of methoxy groups -OCH3 is 2. The Bertz CT molecular complexity index is 1330. The smallest absolute Gasteiger partial charge is 0.223 e. The van der Waals surface area contributed by atoms with Crippen molar-refractivity contribution in [2.75, 3.05) is 66.6 Å². The molecule has 2 aromatic rings. The number of aromatic hydroxyl groups is 2. The molecule has 1 heterocycles. The van der Waals surface area contributed by atoms with Gasteiger partial charge in [0.05, 0.1) is 14.2 Å². The van der Waals surface area contributed by atoms with Crippen LogP contribution in [0, 0.1) is 0 Å². The van der Waals surface area contributed by atoms with Crippen molar-refractivity contribution in [3.8, 4) is 23.0 Å². The molecule has 47 heavy (non-hydrogen) atoms. The number of hydrogen-bond acceptors (Lipinski definition) is 10. The zero-order valence-corrected chi connectivity index (χ0v) is 27.5. The summed E-state index contributed by atoms with van der Waals surface area (Å²) in [4.78, 5) is 41.0. The van der Waals surface area contributed by atoms with Crippen LogP contribution < -0.4 is 31.2 Å². The molecule has 1 aliphatic heterocycles. The first-order valence-electron chi connectivity index (χ1n) is 16.1. The predicted molar refractivity (Wildman–Crippen MR) is 182 cm³/mol. The van der Waals surface area contributed by atoms with E-state index < -0.39 is 0 Å². The highest BCUT2D eigenvalue weighted by Gasteiger charge is 2.29. The molecule has 256 valence electrons. The largest absolute Gasteiger partial charge is 0.504 e. The Morgan fingerprint density at radius 2 is 1.30 bits per heavy atom. The molecule has 2 amide bonds. The Hall–Kier alpha value is -4.39. The normalized spacial score (nSPS) is 14.9. The zero-order chi connectivity index (χ0) is 34.0. The summed E-state index contributed by atoms with van der Waals surface area (Å²) in [7, 11) is 2.87. The number of unbranched alkanes of at least 4 members (excludes halogenated alkanes) is 1. The molecule has 0 bridgehead atoms. The van der Waals surface area contributed by atoms with Crippen LogP contribution in [0.15, 0.2) is 47.5 Å². The van der Waals surface area contributed by atoms with E-state index in [-0.39, 0.29) is 66.5 Å². The maximum Gasteiger partial charge on any atom is 0.223 e. The maximum atomic E-state index is 13.6. The molecule has 3 rings (SSSR count). The maximum absolute atomic E-state index is 13.6. The monoisotopic (exact) mass is 651 g/mol. The van der Waals surface area contributed by atoms with E-state index in [1.165, 1.54) is 26.4 Å². The van der Waals surface area contributed by atoms with Gasteiger partial charge in [-0.2, -0.15) is 0 Å². The number of ketones is 1. The number of piperidine rings is 1. The van der Waals surface area contributed by atoms with E-state index in [1.54, 1.807) is 41.3 Å². The third-order valence-corrected chi connectivity index (χ3v) is 7.68. The number of nitrogens with two attached hydrogens (primary N) is 1. The second-order valence-electron chi connectivity index (χ2n) is 11.3. The lowest BCUT2D eigenvalue weighted by atomic mass is 9.93. The van der Waals surface area contributed by atoms with Crippen molar-refractivity contribution in [1.29, 1.82) is 0 Å². The fraction of sp³-hybridized carbons (Fsp3) is 0.457. The van der Waals surface area contributed by atoms with Gasteiger partial charge in [-0.15, -0.1) is 0 Å². The molecule has 1 fully saturated rings. The van der Waals surface area contributed by atoms with Gasteiger partial charge in [0, 0.05) is 43.6 Å². The highest BCUT2D eigenvalue weighted by molar-refractivity contribution is 6.15. The summed E-state index contributed by atoms with van der Waals surface area (Å²) in [6, 6.07) is 9.45. The number of phenolic OH excluding ortho intramolecular Hbond substituents is 2. The van der Waals surface area contributed by atoms with Crippen LogP contribution in [0.4, 0.5) is 0 Å². The van der Waals surface area contributed by atoms with Crippen molar-refractivity contribution in [2.45, 2.75) is 38.5 Å². The van der Waals surface area contributed by atoms with Gasteiger partial charge in [-0.25, -0.2) is 0 Å². The number of amides is 2. The highest BCUT2D eigenvalue weighted by atomic mass is 16.5. The molecule has 0 unspecified atom stereocenters. The average Bonchev–Trinajstić information content (AvgIpc) is 3.07. The second-order valence-corrected chi connectivity index (χ2v) is 11.3. The van der Waals surface area contributed by atoms with Gasteiger partial charge >= 0.3 is 0 Å². The minimum absolute atomic E-state index is 0.00177. The Balaban J connectivity index is 1.57. The fourth-order valence-corrected chi connectivity index (χ4v) is 5.07. The second kappa shape index (κ2) is 20.0. The van der Waals surface area contributed by atoms with Crippen LogP contribution in [-0.4, -0.2) is 99.3 Å². The van der Waals surface area contributed by atoms with Crippen LogP contribution in [-0.2, 0) is 14.4 Å². The average molecular weight is 652 g/mol. The van der Waals surface area contributed by atoms with E-state index >= 15 is 0 Å². The minimum atomic E-state index is -0.254. The number of likely N-dealkylation sites (tertiary alicyclic amines) is 1. The molecule has 0 atom stereocenters. The molecule has 0 spiro atoms. The number of benzene rings is 2. The number of Topliss-reactive ketones (excluding diaryl/α,β-unsaturated/α-hetero) is 1. The van der Waals surface area contributed by atoms with Crippen LogP contribution in [0.25, 0.3) is 12.2 Å². The van der Waals surface area contributed by atoms with Crippen molar-refractivity contribution in [3.05, 3.63) is 58.7 Å². The molecular weight excluding hydrogens is 602 g/mol. The first kappa shape index (κ1) is 37.1. The Kier molecular flexibility index (Phi) is 15.8. The number of nitrogens with zero attached hydrogens (tertiary/aromatic N) is 1. The molecule has 0 saturated carbocycles. The van der Waals surface area contributed by atoms with Gasteiger partial charge in [-0.05, 0) is 106 Å². The van der Waals surface area contributed by atoms with Gasteiger partial charge < -0.3 is 46.3 Å². The van der Waals surface area contributed by atoms with Gasteiger partial charge in [-0.1, -0.05) is 12.1 Å². The minimum Gasteiger partial charge on any atom is -0.504 e. The van der Waals surface area contributed by atoms with Gasteiger partial charge in [-0.3, -0.25) is 14.4 Å². The Morgan fingerprint density at radius 3 is 1.81 bits per heavy atom. The number of carbonyl (C=O) groups is 3. The summed E-state index contributed by atoms with van der Waals surface area (Å²) in [5, 5.41) is 29.6. The predicted octanol–water partition coefficient (Wildman–Crippen LogP) is 2.59. The van der Waals surface area contributed by atoms with E-state index in [4.69, 9.17) is 15.2 Å². The first-order valence-corrected chi connectivity index (χ1v) is 16.1. The van der Waals surface area contributed by atoms with Crippen molar-refractivity contribution >= 4 is 29.7 Å². The molecule has 7 N–H and O–H groups in total. The molecule has 1 aliphatic rings. The number of nitrogens with one attached hydrogen (secondary N) is 3. The van der Waals surface area contributed by atoms with E-state index in [1.807, 2.05) is 0 Å². The molecule has 0 aliphatic carbocycles. The van der Waals surface area contributed by atoms with Crippen LogP contribution in [0.5, 0.6) is 23.0 Å². The zero-order valence-electron chi connectivity index (χ0n) is 27.5. The summed E-state index contributed by atoms with van der Waals surface area (Å²) in [6.45, 7) is 5.02. The topological polar surface area (TPSA) is 175 Å². The van der Waals surface area contributed by atoms with Crippen LogP contribution >= 0.6 is 0 Å². The molecule has 12 heteroatoms. The summed E-state index contributed by atoms with van der Waals surface area (Å²) in [5.41, 5.74) is 7.46.